The molecule has 0 radical (unpaired) electrons. The molecule has 4 atom stereocenters. The number of amides is 3. The maximum atomic E-state index is 13.4. The average molecular weight is 503 g/mol. The van der Waals surface area contributed by atoms with E-state index >= 15 is 0 Å². The van der Waals surface area contributed by atoms with Crippen LogP contribution in [-0.2, 0) is 14.3 Å². The van der Waals surface area contributed by atoms with Crippen molar-refractivity contribution in [2.75, 3.05) is 13.7 Å². The number of methoxy groups -OCH3 is 1. The number of nitrogens with one attached hydrogen (secondary N) is 2. The van der Waals surface area contributed by atoms with Gasteiger partial charge in [0.1, 0.15) is 12.1 Å². The fourth-order valence-corrected chi connectivity index (χ4v) is 5.10. The largest absolute Gasteiger partial charge is 0.465 e. The molecule has 1 aromatic heterocycles. The highest BCUT2D eigenvalue weighted by atomic mass is 32.1. The summed E-state index contributed by atoms with van der Waals surface area (Å²) in [5, 5.41) is 14.6. The van der Waals surface area contributed by atoms with Crippen molar-refractivity contribution in [2.24, 2.45) is 5.41 Å². The van der Waals surface area contributed by atoms with Gasteiger partial charge in [-0.3, -0.25) is 9.59 Å². The average Bonchev–Trinajstić information content (AvgIpc) is 3.42. The number of likely N-dealkylation sites (tertiary alicyclic amines) is 1. The smallest absolute Gasteiger partial charge is 0.405 e. The molecule has 1 fully saturated rings. The number of thiazole rings is 1. The molecule has 2 aromatic rings. The maximum absolute atomic E-state index is 13.4. The molecule has 190 valence electrons. The lowest BCUT2D eigenvalue weighted by Gasteiger charge is -2.34. The fourth-order valence-electron chi connectivity index (χ4n) is 4.29. The van der Waals surface area contributed by atoms with E-state index in [-0.39, 0.29) is 24.6 Å². The van der Waals surface area contributed by atoms with E-state index in [0.717, 1.165) is 21.7 Å². The Labute approximate surface area is 209 Å². The van der Waals surface area contributed by atoms with Gasteiger partial charge < -0.3 is 25.4 Å². The molecule has 9 nitrogen and oxygen atoms in total. The molecular weight excluding hydrogens is 468 g/mol. The highest BCUT2D eigenvalue weighted by Gasteiger charge is 2.45. The van der Waals surface area contributed by atoms with Gasteiger partial charge in [-0.05, 0) is 30.4 Å². The first-order valence-corrected chi connectivity index (χ1v) is 12.4. The van der Waals surface area contributed by atoms with Crippen molar-refractivity contribution in [3.8, 4) is 10.4 Å². The van der Waals surface area contributed by atoms with E-state index in [2.05, 4.69) is 15.6 Å². The molecule has 1 saturated heterocycles. The summed E-state index contributed by atoms with van der Waals surface area (Å²) < 4.78 is 5.45. The third kappa shape index (κ3) is 6.18. The Morgan fingerprint density at radius 1 is 1.20 bits per heavy atom. The Morgan fingerprint density at radius 3 is 2.37 bits per heavy atom. The monoisotopic (exact) mass is 502 g/mol. The van der Waals surface area contributed by atoms with Crippen LogP contribution in [0.25, 0.3) is 10.4 Å². The summed E-state index contributed by atoms with van der Waals surface area (Å²) in [7, 11) is 1.54. The number of carboxylic acid groups (broad SMARTS) is 1. The summed E-state index contributed by atoms with van der Waals surface area (Å²) in [6.07, 6.45) is -1.25. The number of rotatable bonds is 7. The number of benzene rings is 1. The first-order valence-electron chi connectivity index (χ1n) is 11.6. The predicted octanol–water partition coefficient (Wildman–Crippen LogP) is 3.59. The van der Waals surface area contributed by atoms with Crippen molar-refractivity contribution in [1.82, 2.24) is 20.5 Å². The van der Waals surface area contributed by atoms with Crippen molar-refractivity contribution < 1.29 is 24.2 Å². The van der Waals surface area contributed by atoms with Gasteiger partial charge in [-0.2, -0.15) is 0 Å². The second-order valence-corrected chi connectivity index (χ2v) is 10.8. The van der Waals surface area contributed by atoms with Gasteiger partial charge >= 0.3 is 6.09 Å². The van der Waals surface area contributed by atoms with Gasteiger partial charge in [-0.1, -0.05) is 45.0 Å². The molecule has 1 aliphatic heterocycles. The van der Waals surface area contributed by atoms with Crippen LogP contribution in [0.5, 0.6) is 0 Å². The fraction of sp³-hybridized carbons (Fsp3) is 0.520. The predicted molar refractivity (Wildman–Crippen MR) is 134 cm³/mol. The number of carbonyl (C=O) groups excluding carboxylic acids is 2. The van der Waals surface area contributed by atoms with Crippen molar-refractivity contribution in [3.05, 3.63) is 41.0 Å². The van der Waals surface area contributed by atoms with E-state index in [1.165, 1.54) is 4.90 Å². The lowest BCUT2D eigenvalue weighted by Crippen LogP contribution is -2.57. The Bertz CT molecular complexity index is 1060. The Balaban J connectivity index is 1.75. The van der Waals surface area contributed by atoms with Crippen molar-refractivity contribution in [2.45, 2.75) is 65.3 Å². The van der Waals surface area contributed by atoms with Gasteiger partial charge in [-0.25, -0.2) is 9.78 Å². The van der Waals surface area contributed by atoms with Crippen LogP contribution in [-0.4, -0.2) is 64.7 Å². The Morgan fingerprint density at radius 2 is 1.86 bits per heavy atom. The van der Waals surface area contributed by atoms with Crippen LogP contribution in [0, 0.1) is 12.3 Å². The molecule has 1 aliphatic rings. The first-order chi connectivity index (χ1) is 16.4. The molecule has 0 spiro atoms. The number of nitrogens with zero attached hydrogens (tertiary/aromatic N) is 2. The van der Waals surface area contributed by atoms with Crippen molar-refractivity contribution in [3.63, 3.8) is 0 Å². The van der Waals surface area contributed by atoms with Crippen LogP contribution in [0.2, 0.25) is 0 Å². The molecule has 10 heteroatoms. The quantitative estimate of drug-likeness (QED) is 0.532. The minimum absolute atomic E-state index is 0.221. The van der Waals surface area contributed by atoms with Crippen molar-refractivity contribution in [1.29, 1.82) is 0 Å². The summed E-state index contributed by atoms with van der Waals surface area (Å²) in [5.41, 5.74) is 4.13. The number of carbonyl (C=O) groups is 3. The number of hydrogen-bond acceptors (Lipinski definition) is 6. The summed E-state index contributed by atoms with van der Waals surface area (Å²) in [5.74, 6) is -0.729. The molecule has 2 heterocycles. The summed E-state index contributed by atoms with van der Waals surface area (Å²) in [6, 6.07) is 5.93. The number of aromatic nitrogens is 1. The molecule has 3 amide bonds. The summed E-state index contributed by atoms with van der Waals surface area (Å²) >= 11 is 1.58. The Hall–Kier alpha value is -2.98. The van der Waals surface area contributed by atoms with E-state index in [9.17, 15) is 19.5 Å². The number of ether oxygens (including phenoxy) is 1. The number of aryl methyl sites for hydroxylation is 1. The molecule has 0 bridgehead atoms. The standard InChI is InChI=1S/C25H34N4O5S/c1-14(16-7-9-17(10-8-16)20-15(2)26-13-35-20)27-22(30)19-11-18(34-6)12-29(19)23(31)21(25(3,4)5)28-24(32)33/h7-10,13-14,18-19,21,28H,11-12H2,1-6H3,(H,27,30)(H,32,33)/t14-,18+,19-,21+/m0/s1. The molecule has 3 rings (SSSR count). The highest BCUT2D eigenvalue weighted by molar-refractivity contribution is 7.13. The zero-order valence-electron chi connectivity index (χ0n) is 21.0. The molecular formula is C25H34N4O5S. The van der Waals surface area contributed by atoms with E-state index in [4.69, 9.17) is 4.74 Å². The Kier molecular flexibility index (Phi) is 8.17. The highest BCUT2D eigenvalue weighted by Crippen LogP contribution is 2.29. The van der Waals surface area contributed by atoms with Crippen LogP contribution < -0.4 is 10.6 Å². The van der Waals surface area contributed by atoms with Gasteiger partial charge in [-0.15, -0.1) is 11.3 Å². The molecule has 0 saturated carbocycles. The summed E-state index contributed by atoms with van der Waals surface area (Å²) in [4.78, 5) is 44.9. The third-order valence-electron chi connectivity index (χ3n) is 6.34. The van der Waals surface area contributed by atoms with E-state index in [1.807, 2.05) is 43.6 Å². The molecule has 1 aromatic carbocycles. The lowest BCUT2D eigenvalue weighted by atomic mass is 9.85. The van der Waals surface area contributed by atoms with Crippen LogP contribution in [0.1, 0.15) is 51.4 Å². The van der Waals surface area contributed by atoms with E-state index in [0.29, 0.717) is 6.42 Å². The van der Waals surface area contributed by atoms with Crippen LogP contribution in [0.3, 0.4) is 0 Å². The second-order valence-electron chi connectivity index (χ2n) is 9.97. The van der Waals surface area contributed by atoms with Crippen LogP contribution in [0.4, 0.5) is 4.79 Å². The number of hydrogen-bond donors (Lipinski definition) is 3. The lowest BCUT2D eigenvalue weighted by molar-refractivity contribution is -0.142. The minimum atomic E-state index is -1.28. The van der Waals surface area contributed by atoms with Gasteiger partial charge in [0, 0.05) is 20.1 Å². The van der Waals surface area contributed by atoms with Gasteiger partial charge in [0.25, 0.3) is 0 Å². The van der Waals surface area contributed by atoms with Gasteiger partial charge in [0.15, 0.2) is 0 Å². The van der Waals surface area contributed by atoms with E-state index < -0.39 is 29.5 Å². The molecule has 0 unspecified atom stereocenters. The minimum Gasteiger partial charge on any atom is -0.465 e. The zero-order chi connectivity index (χ0) is 25.9. The zero-order valence-corrected chi connectivity index (χ0v) is 21.8. The molecule has 3 N–H and O–H groups in total. The van der Waals surface area contributed by atoms with Crippen LogP contribution >= 0.6 is 11.3 Å². The van der Waals surface area contributed by atoms with Gasteiger partial charge in [0.2, 0.25) is 11.8 Å². The topological polar surface area (TPSA) is 121 Å². The van der Waals surface area contributed by atoms with Crippen molar-refractivity contribution >= 4 is 29.2 Å². The van der Waals surface area contributed by atoms with Gasteiger partial charge in [0.05, 0.1) is 28.2 Å². The molecule has 35 heavy (non-hydrogen) atoms. The third-order valence-corrected chi connectivity index (χ3v) is 7.32. The SMILES string of the molecule is CO[C@@H]1C[C@@H](C(=O)N[C@@H](C)c2ccc(-c3scnc3C)cc2)N(C(=O)[C@@H](NC(=O)O)C(C)(C)C)C1. The maximum Gasteiger partial charge on any atom is 0.405 e. The van der Waals surface area contributed by atoms with E-state index in [1.54, 1.807) is 39.2 Å². The van der Waals surface area contributed by atoms with Crippen LogP contribution in [0.15, 0.2) is 29.8 Å². The summed E-state index contributed by atoms with van der Waals surface area (Å²) in [6.45, 7) is 9.43. The molecule has 0 aliphatic carbocycles. The normalized spacial score (nSPS) is 19.8. The first kappa shape index (κ1) is 26.6. The second kappa shape index (κ2) is 10.7.